The van der Waals surface area contributed by atoms with Gasteiger partial charge < -0.3 is 0 Å². The minimum absolute atomic E-state index is 0.817. The third-order valence-corrected chi connectivity index (χ3v) is 20.3. The van der Waals surface area contributed by atoms with Crippen LogP contribution in [0.2, 0.25) is 0 Å². The van der Waals surface area contributed by atoms with Crippen LogP contribution in [0.25, 0.3) is 0 Å². The van der Waals surface area contributed by atoms with Crippen LogP contribution in [0.4, 0.5) is 0 Å². The van der Waals surface area contributed by atoms with Gasteiger partial charge in [-0.15, -0.1) is 47.0 Å². The molecule has 53 heavy (non-hydrogen) atoms. The van der Waals surface area contributed by atoms with Crippen LogP contribution in [-0.4, -0.2) is 32.2 Å². The number of unbranched alkanes of at least 4 members (excludes halogenated alkanes) is 3. The van der Waals surface area contributed by atoms with Gasteiger partial charge in [0.1, 0.15) is 0 Å². The molecule has 2 aliphatic heterocycles. The van der Waals surface area contributed by atoms with Gasteiger partial charge >= 0.3 is 0 Å². The van der Waals surface area contributed by atoms with E-state index in [1.54, 1.807) is 27.8 Å². The van der Waals surface area contributed by atoms with E-state index in [9.17, 15) is 0 Å². The van der Waals surface area contributed by atoms with Crippen molar-refractivity contribution in [3.8, 4) is 0 Å². The first-order chi connectivity index (χ1) is 25.9. The third kappa shape index (κ3) is 13.7. The Labute approximate surface area is 345 Å². The summed E-state index contributed by atoms with van der Waals surface area (Å²) < 4.78 is 1.78. The normalized spacial score (nSPS) is 29.3. The van der Waals surface area contributed by atoms with Gasteiger partial charge in [0.25, 0.3) is 0 Å². The molecule has 0 unspecified atom stereocenters. The van der Waals surface area contributed by atoms with Gasteiger partial charge in [-0.2, -0.15) is 0 Å². The molecule has 0 amide bonds. The van der Waals surface area contributed by atoms with Crippen LogP contribution < -0.4 is 0 Å². The molecule has 2 saturated carbocycles. The molecule has 2 aromatic rings. The maximum absolute atomic E-state index is 2.47. The fourth-order valence-electron chi connectivity index (χ4n) is 9.76. The van der Waals surface area contributed by atoms with Crippen molar-refractivity contribution < 1.29 is 0 Å². The fourth-order valence-corrected chi connectivity index (χ4v) is 16.9. The van der Waals surface area contributed by atoms with Crippen LogP contribution in [0.5, 0.6) is 0 Å². The smallest absolute Gasteiger partial charge is 0.0530 e. The van der Waals surface area contributed by atoms with Crippen LogP contribution in [0, 0.1) is 37.5 Å². The van der Waals surface area contributed by atoms with Gasteiger partial charge in [-0.25, -0.2) is 0 Å². The Morgan fingerprint density at radius 3 is 1.23 bits per heavy atom. The van der Waals surface area contributed by atoms with Gasteiger partial charge in [-0.3, -0.25) is 0 Å². The highest BCUT2D eigenvalue weighted by molar-refractivity contribution is 8.18. The van der Waals surface area contributed by atoms with E-state index in [4.69, 9.17) is 0 Å². The van der Waals surface area contributed by atoms with Crippen molar-refractivity contribution in [1.82, 2.24) is 0 Å². The third-order valence-electron chi connectivity index (χ3n) is 13.1. The summed E-state index contributed by atoms with van der Waals surface area (Å²) in [6, 6.07) is 14.6. The molecule has 4 heteroatoms. The van der Waals surface area contributed by atoms with E-state index in [0.717, 1.165) is 44.7 Å². The summed E-state index contributed by atoms with van der Waals surface area (Å²) in [4.78, 5) is 0. The highest BCUT2D eigenvalue weighted by atomic mass is 32.2. The summed E-state index contributed by atoms with van der Waals surface area (Å²) in [7, 11) is 0. The predicted molar refractivity (Wildman–Crippen MR) is 248 cm³/mol. The zero-order valence-electron chi connectivity index (χ0n) is 35.0. The van der Waals surface area contributed by atoms with E-state index in [0.29, 0.717) is 0 Å². The minimum Gasteiger partial charge on any atom is -0.147 e. The molecule has 2 heterocycles. The lowest BCUT2D eigenvalue weighted by atomic mass is 9.78. The van der Waals surface area contributed by atoms with Crippen LogP contribution in [0.1, 0.15) is 182 Å². The molecule has 4 aliphatic rings. The van der Waals surface area contributed by atoms with Crippen LogP contribution >= 0.6 is 47.0 Å². The maximum atomic E-state index is 2.47. The van der Waals surface area contributed by atoms with E-state index in [1.807, 2.05) is 0 Å². The first kappa shape index (κ1) is 44.0. The fraction of sp³-hybridized carbons (Fsp3) is 0.755. The Morgan fingerprint density at radius 1 is 0.472 bits per heavy atom. The van der Waals surface area contributed by atoms with Crippen molar-refractivity contribution in [1.29, 1.82) is 0 Å². The number of rotatable bonds is 15. The van der Waals surface area contributed by atoms with Crippen LogP contribution in [0.15, 0.2) is 36.4 Å². The van der Waals surface area contributed by atoms with Crippen molar-refractivity contribution in [2.45, 2.75) is 185 Å². The molecule has 0 aromatic heterocycles. The number of thioether (sulfide) groups is 4. The molecular weight excluding hydrogens is 717 g/mol. The molecule has 0 atom stereocenters. The van der Waals surface area contributed by atoms with Gasteiger partial charge in [0.05, 0.1) is 9.16 Å². The van der Waals surface area contributed by atoms with E-state index >= 15 is 0 Å². The molecule has 0 nitrogen and oxygen atoms in total. The van der Waals surface area contributed by atoms with Gasteiger partial charge in [0.2, 0.25) is 0 Å². The molecule has 2 aliphatic carbocycles. The summed E-state index contributed by atoms with van der Waals surface area (Å²) >= 11 is 9.20. The summed E-state index contributed by atoms with van der Waals surface area (Å²) in [6.07, 6.45) is 26.3. The average Bonchev–Trinajstić information content (AvgIpc) is 3.19. The van der Waals surface area contributed by atoms with Crippen molar-refractivity contribution in [3.63, 3.8) is 0 Å². The minimum atomic E-state index is 0.817. The Balaban J connectivity index is 0.000000204. The molecule has 0 radical (unpaired) electrons. The topological polar surface area (TPSA) is 0 Å². The van der Waals surface area contributed by atoms with E-state index in [1.165, 1.54) is 151 Å². The molecular formula is C49H78S4. The van der Waals surface area contributed by atoms with Gasteiger partial charge in [-0.1, -0.05) is 103 Å². The van der Waals surface area contributed by atoms with Crippen molar-refractivity contribution in [3.05, 3.63) is 69.8 Å². The average molecular weight is 795 g/mol. The Kier molecular flexibility index (Phi) is 19.8. The van der Waals surface area contributed by atoms with E-state index < -0.39 is 0 Å². The second-order valence-corrected chi connectivity index (χ2v) is 22.8. The molecule has 4 fully saturated rings. The Bertz CT molecular complexity index is 1290. The monoisotopic (exact) mass is 794 g/mol. The van der Waals surface area contributed by atoms with E-state index in [2.05, 4.69) is 125 Å². The highest BCUT2D eigenvalue weighted by Crippen LogP contribution is 2.49. The van der Waals surface area contributed by atoms with Crippen molar-refractivity contribution in [2.75, 3.05) is 23.0 Å². The number of benzene rings is 2. The first-order valence-corrected chi connectivity index (χ1v) is 26.8. The second-order valence-electron chi connectivity index (χ2n) is 17.5. The molecule has 0 bridgehead atoms. The van der Waals surface area contributed by atoms with Crippen molar-refractivity contribution in [2.24, 2.45) is 23.7 Å². The molecule has 2 saturated heterocycles. The lowest BCUT2D eigenvalue weighted by molar-refractivity contribution is 0.342. The predicted octanol–water partition coefficient (Wildman–Crippen LogP) is 16.1. The molecule has 0 spiro atoms. The van der Waals surface area contributed by atoms with Gasteiger partial charge in [0, 0.05) is 0 Å². The largest absolute Gasteiger partial charge is 0.147 e. The van der Waals surface area contributed by atoms with Crippen LogP contribution in [-0.2, 0) is 12.8 Å². The quantitative estimate of drug-likeness (QED) is 0.176. The second kappa shape index (κ2) is 23.9. The van der Waals surface area contributed by atoms with Crippen LogP contribution in [0.3, 0.4) is 0 Å². The summed E-state index contributed by atoms with van der Waals surface area (Å²) in [6.45, 7) is 13.9. The lowest BCUT2D eigenvalue weighted by Crippen LogP contribution is -2.26. The zero-order chi connectivity index (χ0) is 37.4. The van der Waals surface area contributed by atoms with Crippen molar-refractivity contribution >= 4 is 47.0 Å². The highest BCUT2D eigenvalue weighted by Gasteiger charge is 2.34. The molecule has 6 rings (SSSR count). The standard InChI is InChI=1S/C25H40S2.C24H38S2/c1-4-6-8-20-10-15-24(19(3)16-20)22-11-13-23(14-12-22)25-26-17-21(18-27-25)9-7-5-2;1-4-6-8-20-16-25-24(26-17-20)22-12-10-21(11-13-22)23-14-9-19(7-5-2)15-18(23)3/h10,15-16,21-23,25H,4-9,11-14,17-18H2,1-3H3;9,14-15,20-22,24H,4-8,10-13,16-17H2,1-3H3. The molecule has 0 N–H and O–H groups in total. The van der Waals surface area contributed by atoms with Gasteiger partial charge in [0.15, 0.2) is 0 Å². The summed E-state index contributed by atoms with van der Waals surface area (Å²) in [5, 5.41) is 0. The first-order valence-electron chi connectivity index (χ1n) is 22.6. The van der Waals surface area contributed by atoms with E-state index in [-0.39, 0.29) is 0 Å². The lowest BCUT2D eigenvalue weighted by Gasteiger charge is -2.37. The summed E-state index contributed by atoms with van der Waals surface area (Å²) in [5.74, 6) is 11.2. The maximum Gasteiger partial charge on any atom is 0.0530 e. The molecule has 298 valence electrons. The SMILES string of the molecule is CCCCC1CSC(C2CCC(c3ccc(CCC)cc3C)CC2)SC1.CCCCc1ccc(C2CCC(C3SCC(CCCC)CS3)CC2)c(C)c1. The molecule has 2 aromatic carbocycles. The van der Waals surface area contributed by atoms with Gasteiger partial charge in [-0.05, 0) is 189 Å². The Hall–Kier alpha value is -0.160. The zero-order valence-corrected chi connectivity index (χ0v) is 38.2. The number of hydrogen-bond donors (Lipinski definition) is 0. The summed E-state index contributed by atoms with van der Waals surface area (Å²) in [5.41, 5.74) is 9.45. The Morgan fingerprint density at radius 2 is 0.868 bits per heavy atom. The number of hydrogen-bond acceptors (Lipinski definition) is 4. The number of aryl methyl sites for hydroxylation is 4.